The van der Waals surface area contributed by atoms with Crippen molar-refractivity contribution in [3.63, 3.8) is 0 Å². The highest BCUT2D eigenvalue weighted by Gasteiger charge is 2.34. The summed E-state index contributed by atoms with van der Waals surface area (Å²) in [6.07, 6.45) is -3.73. The summed E-state index contributed by atoms with van der Waals surface area (Å²) in [6.45, 7) is 1.88. The van der Waals surface area contributed by atoms with E-state index in [2.05, 4.69) is 0 Å². The van der Waals surface area contributed by atoms with Gasteiger partial charge in [-0.05, 0) is 42.8 Å². The van der Waals surface area contributed by atoms with Crippen molar-refractivity contribution < 1.29 is 27.5 Å². The van der Waals surface area contributed by atoms with Gasteiger partial charge >= 0.3 is 23.9 Å². The number of urea groups is 1. The number of halogens is 4. The van der Waals surface area contributed by atoms with Crippen LogP contribution in [0.4, 0.5) is 23.7 Å². The lowest BCUT2D eigenvalue weighted by Crippen LogP contribution is -2.42. The second-order valence-electron chi connectivity index (χ2n) is 8.46. The van der Waals surface area contributed by atoms with Gasteiger partial charge in [0.05, 0.1) is 29.4 Å². The summed E-state index contributed by atoms with van der Waals surface area (Å²) in [4.78, 5) is 54.4. The molecule has 0 saturated carbocycles. The van der Waals surface area contributed by atoms with Crippen LogP contribution in [-0.4, -0.2) is 52.8 Å². The zero-order valence-electron chi connectivity index (χ0n) is 20.3. The molecule has 200 valence electrons. The summed E-state index contributed by atoms with van der Waals surface area (Å²) in [6, 6.07) is 9.19. The van der Waals surface area contributed by atoms with E-state index in [9.17, 15) is 32.3 Å². The second kappa shape index (κ2) is 10.4. The molecule has 1 aromatic heterocycles. The molecule has 4 rings (SSSR count). The minimum atomic E-state index is -4.75. The monoisotopic (exact) mass is 550 g/mol. The Morgan fingerprint density at radius 1 is 1.03 bits per heavy atom. The molecule has 2 amide bonds. The number of anilines is 1. The molecule has 1 saturated heterocycles. The van der Waals surface area contributed by atoms with Crippen molar-refractivity contribution in [1.29, 1.82) is 0 Å². The zero-order chi connectivity index (χ0) is 27.8. The number of aromatic nitrogens is 2. The number of hydrogen-bond donors (Lipinski definition) is 0. The van der Waals surface area contributed by atoms with Crippen LogP contribution in [0.3, 0.4) is 0 Å². The molecule has 1 aliphatic rings. The molecule has 2 heterocycles. The molecular formula is C25H22ClF3N4O5. The fourth-order valence-corrected chi connectivity index (χ4v) is 4.34. The first-order valence-corrected chi connectivity index (χ1v) is 11.8. The molecule has 0 radical (unpaired) electrons. The molecule has 3 aromatic rings. The van der Waals surface area contributed by atoms with Gasteiger partial charge < -0.3 is 9.64 Å². The number of rotatable bonds is 6. The molecule has 9 nitrogen and oxygen atoms in total. The van der Waals surface area contributed by atoms with E-state index in [0.717, 1.165) is 22.9 Å². The van der Waals surface area contributed by atoms with Crippen LogP contribution in [0.25, 0.3) is 5.69 Å². The number of carbonyl (C=O) groups excluding carboxylic acids is 2. The molecule has 38 heavy (non-hydrogen) atoms. The predicted octanol–water partition coefficient (Wildman–Crippen LogP) is 3.77. The van der Waals surface area contributed by atoms with E-state index >= 15 is 0 Å². The van der Waals surface area contributed by atoms with Crippen molar-refractivity contribution in [1.82, 2.24) is 14.0 Å². The molecule has 1 fully saturated rings. The van der Waals surface area contributed by atoms with Crippen LogP contribution in [0.2, 0.25) is 5.02 Å². The van der Waals surface area contributed by atoms with Crippen LogP contribution in [0.1, 0.15) is 28.4 Å². The van der Waals surface area contributed by atoms with Gasteiger partial charge in [-0.2, -0.15) is 13.2 Å². The Hall–Kier alpha value is -4.06. The van der Waals surface area contributed by atoms with Gasteiger partial charge in [0.15, 0.2) is 0 Å². The van der Waals surface area contributed by atoms with Crippen LogP contribution in [0.5, 0.6) is 0 Å². The zero-order valence-corrected chi connectivity index (χ0v) is 21.0. The molecule has 2 aromatic carbocycles. The molecule has 0 unspecified atom stereocenters. The third kappa shape index (κ3) is 5.03. The summed E-state index contributed by atoms with van der Waals surface area (Å²) in [7, 11) is 1.67. The Morgan fingerprint density at radius 3 is 2.26 bits per heavy atom. The lowest BCUT2D eigenvalue weighted by Gasteiger charge is -2.18. The Bertz CT molecular complexity index is 1520. The first-order valence-electron chi connectivity index (χ1n) is 11.4. The van der Waals surface area contributed by atoms with Gasteiger partial charge in [-0.15, -0.1) is 0 Å². The van der Waals surface area contributed by atoms with E-state index in [1.165, 1.54) is 25.1 Å². The first-order chi connectivity index (χ1) is 17.9. The number of benzene rings is 2. The van der Waals surface area contributed by atoms with Crippen molar-refractivity contribution in [2.45, 2.75) is 19.6 Å². The van der Waals surface area contributed by atoms with E-state index < -0.39 is 46.1 Å². The largest absolute Gasteiger partial charge is 0.462 e. The maximum Gasteiger partial charge on any atom is 0.417 e. The topological polar surface area (TPSA) is 93.8 Å². The Balaban J connectivity index is 1.82. The second-order valence-corrected chi connectivity index (χ2v) is 8.83. The van der Waals surface area contributed by atoms with Crippen LogP contribution in [-0.2, 0) is 17.5 Å². The molecule has 1 aliphatic heterocycles. The molecule has 0 N–H and O–H groups in total. The molecule has 0 bridgehead atoms. The van der Waals surface area contributed by atoms with Crippen molar-refractivity contribution in [3.05, 3.63) is 91.2 Å². The number of alkyl halides is 3. The Morgan fingerprint density at radius 2 is 1.68 bits per heavy atom. The number of carbonyl (C=O) groups is 2. The number of amides is 2. The van der Waals surface area contributed by atoms with Gasteiger partial charge in [0, 0.05) is 32.0 Å². The highest BCUT2D eigenvalue weighted by molar-refractivity contribution is 6.32. The van der Waals surface area contributed by atoms with Crippen molar-refractivity contribution in [2.75, 3.05) is 31.6 Å². The van der Waals surface area contributed by atoms with Crippen LogP contribution < -0.4 is 16.1 Å². The lowest BCUT2D eigenvalue weighted by atomic mass is 10.1. The summed E-state index contributed by atoms with van der Waals surface area (Å²) in [5, 5.41) is -0.663. The van der Waals surface area contributed by atoms with E-state index in [1.807, 2.05) is 0 Å². The maximum absolute atomic E-state index is 13.4. The van der Waals surface area contributed by atoms with Gasteiger partial charge in [0.1, 0.15) is 5.56 Å². The Labute approximate surface area is 219 Å². The Kier molecular flexibility index (Phi) is 7.36. The van der Waals surface area contributed by atoms with Gasteiger partial charge in [-0.3, -0.25) is 18.8 Å². The maximum atomic E-state index is 13.4. The average molecular weight is 551 g/mol. The molecule has 0 spiro atoms. The third-order valence-electron chi connectivity index (χ3n) is 6.03. The normalized spacial score (nSPS) is 13.8. The number of hydrogen-bond acceptors (Lipinski definition) is 5. The summed E-state index contributed by atoms with van der Waals surface area (Å²) in [5.74, 6) is -1.00. The van der Waals surface area contributed by atoms with E-state index in [0.29, 0.717) is 23.3 Å². The van der Waals surface area contributed by atoms with Crippen LogP contribution in [0.15, 0.2) is 58.3 Å². The molecule has 13 heteroatoms. The smallest absolute Gasteiger partial charge is 0.417 e. The summed E-state index contributed by atoms with van der Waals surface area (Å²) < 4.78 is 46.6. The van der Waals surface area contributed by atoms with Crippen molar-refractivity contribution in [2.24, 2.45) is 0 Å². The number of esters is 1. The SMILES string of the molecule is CCOC(=O)c1cn(-c2ccc(N3CCN(C)C3=O)cc2)c(=O)n(Cc2cccc(C(F)(F)F)c2Cl)c1=O. The molecule has 0 aliphatic carbocycles. The molecule has 0 atom stereocenters. The first kappa shape index (κ1) is 27.0. The number of ether oxygens (including phenoxy) is 1. The third-order valence-corrected chi connectivity index (χ3v) is 6.48. The van der Waals surface area contributed by atoms with Crippen LogP contribution in [0, 0.1) is 0 Å². The van der Waals surface area contributed by atoms with E-state index in [4.69, 9.17) is 16.3 Å². The summed E-state index contributed by atoms with van der Waals surface area (Å²) in [5.41, 5.74) is -2.89. The van der Waals surface area contributed by atoms with Crippen molar-refractivity contribution >= 4 is 29.3 Å². The van der Waals surface area contributed by atoms with E-state index in [1.54, 1.807) is 29.0 Å². The molecular weight excluding hydrogens is 529 g/mol. The fraction of sp³-hybridized carbons (Fsp3) is 0.280. The standard InChI is InChI=1S/C25H22ClF3N4O5/c1-3-38-22(35)18-14-32(17-9-7-16(8-10-17)31-12-11-30(2)23(31)36)24(37)33(21(18)34)13-15-5-4-6-19(20(15)26)25(27,28)29/h4-10,14H,3,11-13H2,1-2H3. The predicted molar refractivity (Wildman–Crippen MR) is 133 cm³/mol. The average Bonchev–Trinajstić information content (AvgIpc) is 3.20. The lowest BCUT2D eigenvalue weighted by molar-refractivity contribution is -0.137. The number of likely N-dealkylation sites (N-methyl/N-ethyl adjacent to an activating group) is 1. The minimum Gasteiger partial charge on any atom is -0.462 e. The van der Waals surface area contributed by atoms with Gasteiger partial charge in [-0.25, -0.2) is 14.4 Å². The highest BCUT2D eigenvalue weighted by Crippen LogP contribution is 2.36. The summed E-state index contributed by atoms with van der Waals surface area (Å²) >= 11 is 5.99. The van der Waals surface area contributed by atoms with E-state index in [-0.39, 0.29) is 23.9 Å². The van der Waals surface area contributed by atoms with Gasteiger partial charge in [0.2, 0.25) is 0 Å². The van der Waals surface area contributed by atoms with Crippen LogP contribution >= 0.6 is 11.6 Å². The highest BCUT2D eigenvalue weighted by atomic mass is 35.5. The fourth-order valence-electron chi connectivity index (χ4n) is 4.05. The minimum absolute atomic E-state index is 0.0517. The van der Waals surface area contributed by atoms with Gasteiger partial charge in [0.25, 0.3) is 5.56 Å². The van der Waals surface area contributed by atoms with Crippen molar-refractivity contribution in [3.8, 4) is 5.69 Å². The number of nitrogens with zero attached hydrogens (tertiary/aromatic N) is 4. The quantitative estimate of drug-likeness (QED) is 0.436. The van der Waals surface area contributed by atoms with Gasteiger partial charge in [-0.1, -0.05) is 23.7 Å².